The van der Waals surface area contributed by atoms with E-state index in [1.807, 2.05) is 44.2 Å². The topological polar surface area (TPSA) is 61.4 Å². The van der Waals surface area contributed by atoms with Gasteiger partial charge in [-0.3, -0.25) is 9.59 Å². The van der Waals surface area contributed by atoms with Gasteiger partial charge in [-0.2, -0.15) is 0 Å². The van der Waals surface area contributed by atoms with Crippen LogP contribution in [0.4, 0.5) is 0 Å². The fourth-order valence-electron chi connectivity index (χ4n) is 2.03. The maximum Gasteiger partial charge on any atom is 0.242 e. The second-order valence-electron chi connectivity index (χ2n) is 5.07. The number of benzene rings is 1. The van der Waals surface area contributed by atoms with Gasteiger partial charge in [-0.15, -0.1) is 12.4 Å². The van der Waals surface area contributed by atoms with Gasteiger partial charge in [-0.1, -0.05) is 37.3 Å². The smallest absolute Gasteiger partial charge is 0.242 e. The Morgan fingerprint density at radius 1 is 1.23 bits per heavy atom. The number of carbonyl (C=O) groups excluding carboxylic acids is 2. The summed E-state index contributed by atoms with van der Waals surface area (Å²) in [5.41, 5.74) is 1.09. The van der Waals surface area contributed by atoms with Crippen LogP contribution < -0.4 is 10.6 Å². The van der Waals surface area contributed by atoms with Crippen molar-refractivity contribution < 1.29 is 9.59 Å². The first-order valence-electron chi connectivity index (χ1n) is 7.32. The molecule has 1 aromatic rings. The number of likely N-dealkylation sites (N-methyl/N-ethyl adjacent to an activating group) is 1. The van der Waals surface area contributed by atoms with Gasteiger partial charge in [-0.05, 0) is 19.5 Å². The van der Waals surface area contributed by atoms with Gasteiger partial charge in [0.1, 0.15) is 0 Å². The molecule has 0 bridgehead atoms. The van der Waals surface area contributed by atoms with Crippen LogP contribution in [0.3, 0.4) is 0 Å². The monoisotopic (exact) mass is 327 g/mol. The number of nitrogens with zero attached hydrogens (tertiary/aromatic N) is 1. The molecule has 22 heavy (non-hydrogen) atoms. The molecule has 1 unspecified atom stereocenters. The number of halogens is 1. The molecule has 1 atom stereocenters. The molecule has 0 saturated carbocycles. The maximum absolute atomic E-state index is 12.2. The molecule has 0 aliphatic heterocycles. The van der Waals surface area contributed by atoms with Crippen LogP contribution in [-0.4, -0.2) is 43.4 Å². The van der Waals surface area contributed by atoms with E-state index in [-0.39, 0.29) is 36.7 Å². The maximum atomic E-state index is 12.2. The van der Waals surface area contributed by atoms with Crippen LogP contribution >= 0.6 is 12.4 Å². The molecule has 0 saturated heterocycles. The Labute approximate surface area is 138 Å². The van der Waals surface area contributed by atoms with Crippen molar-refractivity contribution in [3.63, 3.8) is 0 Å². The SMILES string of the molecule is CCN(Cc1ccccc1)C(=O)CNC(=O)C(C)CNC.Cl. The average Bonchev–Trinajstić information content (AvgIpc) is 2.51. The number of carbonyl (C=O) groups is 2. The fourth-order valence-corrected chi connectivity index (χ4v) is 2.03. The predicted molar refractivity (Wildman–Crippen MR) is 90.9 cm³/mol. The second kappa shape index (κ2) is 11.0. The van der Waals surface area contributed by atoms with Gasteiger partial charge in [0.05, 0.1) is 6.54 Å². The number of nitrogens with one attached hydrogen (secondary N) is 2. The summed E-state index contributed by atoms with van der Waals surface area (Å²) in [6, 6.07) is 9.84. The molecule has 1 rings (SSSR count). The van der Waals surface area contributed by atoms with Gasteiger partial charge >= 0.3 is 0 Å². The molecule has 0 aromatic heterocycles. The van der Waals surface area contributed by atoms with E-state index in [0.717, 1.165) is 5.56 Å². The van der Waals surface area contributed by atoms with Crippen molar-refractivity contribution in [2.45, 2.75) is 20.4 Å². The first-order valence-corrected chi connectivity index (χ1v) is 7.32. The lowest BCUT2D eigenvalue weighted by molar-refractivity contribution is -0.134. The van der Waals surface area contributed by atoms with E-state index >= 15 is 0 Å². The predicted octanol–water partition coefficient (Wildman–Crippen LogP) is 1.43. The number of hydrogen-bond donors (Lipinski definition) is 2. The highest BCUT2D eigenvalue weighted by molar-refractivity contribution is 5.86. The molecular weight excluding hydrogens is 302 g/mol. The Kier molecular flexibility index (Phi) is 10.2. The number of rotatable bonds is 8. The van der Waals surface area contributed by atoms with Crippen molar-refractivity contribution in [3.05, 3.63) is 35.9 Å². The average molecular weight is 328 g/mol. The zero-order valence-electron chi connectivity index (χ0n) is 13.5. The van der Waals surface area contributed by atoms with E-state index in [4.69, 9.17) is 0 Å². The largest absolute Gasteiger partial charge is 0.347 e. The number of hydrogen-bond acceptors (Lipinski definition) is 3. The summed E-state index contributed by atoms with van der Waals surface area (Å²) in [4.78, 5) is 25.7. The normalized spacial score (nSPS) is 11.2. The van der Waals surface area contributed by atoms with Crippen LogP contribution in [0.1, 0.15) is 19.4 Å². The van der Waals surface area contributed by atoms with Gasteiger partial charge in [0.15, 0.2) is 0 Å². The van der Waals surface area contributed by atoms with Crippen molar-refractivity contribution in [2.75, 3.05) is 26.7 Å². The van der Waals surface area contributed by atoms with Gasteiger partial charge < -0.3 is 15.5 Å². The lowest BCUT2D eigenvalue weighted by Crippen LogP contribution is -2.42. The minimum atomic E-state index is -0.146. The van der Waals surface area contributed by atoms with Gasteiger partial charge in [-0.25, -0.2) is 0 Å². The van der Waals surface area contributed by atoms with Crippen molar-refractivity contribution in [2.24, 2.45) is 5.92 Å². The van der Waals surface area contributed by atoms with E-state index < -0.39 is 0 Å². The summed E-state index contributed by atoms with van der Waals surface area (Å²) in [5, 5.41) is 5.64. The minimum absolute atomic E-state index is 0. The molecule has 0 spiro atoms. The Hall–Kier alpha value is -1.59. The van der Waals surface area contributed by atoms with E-state index in [9.17, 15) is 9.59 Å². The second-order valence-corrected chi connectivity index (χ2v) is 5.07. The summed E-state index contributed by atoms with van der Waals surface area (Å²) in [6.45, 7) is 5.60. The van der Waals surface area contributed by atoms with Crippen molar-refractivity contribution >= 4 is 24.2 Å². The molecule has 0 radical (unpaired) electrons. The highest BCUT2D eigenvalue weighted by Crippen LogP contribution is 2.04. The molecule has 124 valence electrons. The molecular formula is C16H26ClN3O2. The highest BCUT2D eigenvalue weighted by atomic mass is 35.5. The standard InChI is InChI=1S/C16H25N3O2.ClH/c1-4-19(12-14-8-6-5-7-9-14)15(20)11-18-16(21)13(2)10-17-3;/h5-9,13,17H,4,10-12H2,1-3H3,(H,18,21);1H. The fraction of sp³-hybridized carbons (Fsp3) is 0.500. The molecule has 2 N–H and O–H groups in total. The van der Waals surface area contributed by atoms with E-state index in [1.54, 1.807) is 11.9 Å². The van der Waals surface area contributed by atoms with Crippen molar-refractivity contribution in [3.8, 4) is 0 Å². The molecule has 1 aromatic carbocycles. The first kappa shape index (κ1) is 20.4. The van der Waals surface area contributed by atoms with Gasteiger partial charge in [0.25, 0.3) is 0 Å². The molecule has 0 aliphatic carbocycles. The van der Waals surface area contributed by atoms with E-state index in [1.165, 1.54) is 0 Å². The third-order valence-corrected chi connectivity index (χ3v) is 3.32. The number of amides is 2. The van der Waals surface area contributed by atoms with E-state index in [0.29, 0.717) is 19.6 Å². The molecule has 2 amide bonds. The molecule has 0 aliphatic rings. The van der Waals surface area contributed by atoms with Crippen LogP contribution in [0.2, 0.25) is 0 Å². The minimum Gasteiger partial charge on any atom is -0.347 e. The van der Waals surface area contributed by atoms with Crippen LogP contribution in [0, 0.1) is 5.92 Å². The summed E-state index contributed by atoms with van der Waals surface area (Å²) in [5.74, 6) is -0.313. The zero-order valence-corrected chi connectivity index (χ0v) is 14.3. The van der Waals surface area contributed by atoms with Crippen molar-refractivity contribution in [1.29, 1.82) is 0 Å². The summed E-state index contributed by atoms with van der Waals surface area (Å²) in [7, 11) is 1.80. The molecule has 0 heterocycles. The third kappa shape index (κ3) is 6.91. The molecule has 6 heteroatoms. The quantitative estimate of drug-likeness (QED) is 0.759. The Bertz CT molecular complexity index is 454. The van der Waals surface area contributed by atoms with Gasteiger partial charge in [0, 0.05) is 25.6 Å². The van der Waals surface area contributed by atoms with Crippen LogP contribution in [0.25, 0.3) is 0 Å². The zero-order chi connectivity index (χ0) is 15.7. The summed E-state index contributed by atoms with van der Waals surface area (Å²) in [6.07, 6.45) is 0. The third-order valence-electron chi connectivity index (χ3n) is 3.32. The van der Waals surface area contributed by atoms with Gasteiger partial charge in [0.2, 0.25) is 11.8 Å². The van der Waals surface area contributed by atoms with Crippen LogP contribution in [0.15, 0.2) is 30.3 Å². The Morgan fingerprint density at radius 3 is 2.41 bits per heavy atom. The molecule has 0 fully saturated rings. The highest BCUT2D eigenvalue weighted by Gasteiger charge is 2.16. The van der Waals surface area contributed by atoms with Crippen molar-refractivity contribution in [1.82, 2.24) is 15.5 Å². The first-order chi connectivity index (χ1) is 10.1. The Morgan fingerprint density at radius 2 is 1.86 bits per heavy atom. The summed E-state index contributed by atoms with van der Waals surface area (Å²) < 4.78 is 0. The molecule has 5 nitrogen and oxygen atoms in total. The van der Waals surface area contributed by atoms with Crippen LogP contribution in [0.5, 0.6) is 0 Å². The lowest BCUT2D eigenvalue weighted by atomic mass is 10.1. The lowest BCUT2D eigenvalue weighted by Gasteiger charge is -2.21. The summed E-state index contributed by atoms with van der Waals surface area (Å²) >= 11 is 0. The van der Waals surface area contributed by atoms with Crippen LogP contribution in [-0.2, 0) is 16.1 Å². The Balaban J connectivity index is 0.00000441. The van der Waals surface area contributed by atoms with E-state index in [2.05, 4.69) is 10.6 Å².